The van der Waals surface area contributed by atoms with Gasteiger partial charge in [0.05, 0.1) is 0 Å². The van der Waals surface area contributed by atoms with Crippen LogP contribution in [0, 0.1) is 5.41 Å². The summed E-state index contributed by atoms with van der Waals surface area (Å²) in [5, 5.41) is 8.13. The summed E-state index contributed by atoms with van der Waals surface area (Å²) in [6.45, 7) is 1.78. The first kappa shape index (κ1) is 8.94. The van der Waals surface area contributed by atoms with Gasteiger partial charge in [0.2, 0.25) is 0 Å². The van der Waals surface area contributed by atoms with Crippen LogP contribution in [-0.2, 0) is 0 Å². The second-order valence-corrected chi connectivity index (χ2v) is 2.68. The number of aliphatic imine (C=N–C) groups is 1. The zero-order valence-electron chi connectivity index (χ0n) is 6.71. The summed E-state index contributed by atoms with van der Waals surface area (Å²) in [5.41, 5.74) is 0.775. The SMILES string of the molecule is CC=NC(=N)c1ccc(Cl)cc1. The Morgan fingerprint density at radius 2 is 2.00 bits per heavy atom. The Hall–Kier alpha value is -1.15. The smallest absolute Gasteiger partial charge is 0.151 e. The minimum absolute atomic E-state index is 0.258. The van der Waals surface area contributed by atoms with Crippen molar-refractivity contribution in [1.29, 1.82) is 5.41 Å². The zero-order valence-corrected chi connectivity index (χ0v) is 7.47. The maximum Gasteiger partial charge on any atom is 0.151 e. The van der Waals surface area contributed by atoms with Gasteiger partial charge in [-0.3, -0.25) is 5.41 Å². The van der Waals surface area contributed by atoms with E-state index in [2.05, 4.69) is 4.99 Å². The summed E-state index contributed by atoms with van der Waals surface area (Å²) >= 11 is 5.68. The fourth-order valence-electron chi connectivity index (χ4n) is 0.811. The van der Waals surface area contributed by atoms with Crippen molar-refractivity contribution in [2.24, 2.45) is 4.99 Å². The van der Waals surface area contributed by atoms with Crippen molar-refractivity contribution in [3.8, 4) is 0 Å². The highest BCUT2D eigenvalue weighted by atomic mass is 35.5. The molecule has 0 radical (unpaired) electrons. The average molecular weight is 181 g/mol. The van der Waals surface area contributed by atoms with Crippen molar-refractivity contribution in [3.05, 3.63) is 34.9 Å². The molecule has 1 aromatic rings. The standard InChI is InChI=1S/C9H9ClN2/c1-2-12-9(11)7-3-5-8(10)6-4-7/h2-6,11H,1H3. The van der Waals surface area contributed by atoms with E-state index in [0.29, 0.717) is 5.02 Å². The molecule has 12 heavy (non-hydrogen) atoms. The van der Waals surface area contributed by atoms with E-state index in [1.807, 2.05) is 0 Å². The summed E-state index contributed by atoms with van der Waals surface area (Å²) in [5.74, 6) is 0.258. The van der Waals surface area contributed by atoms with Gasteiger partial charge < -0.3 is 0 Å². The molecule has 2 nitrogen and oxygen atoms in total. The van der Waals surface area contributed by atoms with Crippen LogP contribution in [-0.4, -0.2) is 12.1 Å². The van der Waals surface area contributed by atoms with E-state index in [9.17, 15) is 0 Å². The summed E-state index contributed by atoms with van der Waals surface area (Å²) in [6, 6.07) is 7.04. The molecule has 0 aliphatic rings. The predicted octanol–water partition coefficient (Wildman–Crippen LogP) is 2.76. The predicted molar refractivity (Wildman–Crippen MR) is 52.4 cm³/mol. The second kappa shape index (κ2) is 4.02. The minimum Gasteiger partial charge on any atom is -0.282 e. The second-order valence-electron chi connectivity index (χ2n) is 2.24. The number of hydrogen-bond acceptors (Lipinski definition) is 1. The number of hydrogen-bond donors (Lipinski definition) is 1. The Morgan fingerprint density at radius 1 is 1.42 bits per heavy atom. The van der Waals surface area contributed by atoms with E-state index in [-0.39, 0.29) is 5.84 Å². The number of rotatable bonds is 1. The number of amidine groups is 1. The van der Waals surface area contributed by atoms with Crippen molar-refractivity contribution in [2.75, 3.05) is 0 Å². The monoisotopic (exact) mass is 180 g/mol. The van der Waals surface area contributed by atoms with Gasteiger partial charge in [0.25, 0.3) is 0 Å². The summed E-state index contributed by atoms with van der Waals surface area (Å²) in [7, 11) is 0. The van der Waals surface area contributed by atoms with E-state index >= 15 is 0 Å². The van der Waals surface area contributed by atoms with Crippen molar-refractivity contribution in [2.45, 2.75) is 6.92 Å². The van der Waals surface area contributed by atoms with Crippen LogP contribution >= 0.6 is 11.6 Å². The third-order valence-electron chi connectivity index (χ3n) is 1.38. The highest BCUT2D eigenvalue weighted by Crippen LogP contribution is 2.09. The van der Waals surface area contributed by atoms with Crippen LogP contribution in [0.15, 0.2) is 29.3 Å². The molecule has 0 aliphatic heterocycles. The Kier molecular flexibility index (Phi) is 3.00. The average Bonchev–Trinajstić information content (AvgIpc) is 2.06. The Labute approximate surface area is 76.4 Å². The maximum absolute atomic E-state index is 7.46. The number of nitrogens with one attached hydrogen (secondary N) is 1. The minimum atomic E-state index is 0.258. The molecule has 0 saturated heterocycles. The van der Waals surface area contributed by atoms with Gasteiger partial charge in [0.1, 0.15) is 0 Å². The van der Waals surface area contributed by atoms with Gasteiger partial charge in [-0.25, -0.2) is 4.99 Å². The van der Waals surface area contributed by atoms with Crippen LogP contribution < -0.4 is 0 Å². The molecule has 1 aromatic carbocycles. The van der Waals surface area contributed by atoms with Gasteiger partial charge in [-0.05, 0) is 31.2 Å². The van der Waals surface area contributed by atoms with Gasteiger partial charge in [-0.1, -0.05) is 11.6 Å². The van der Waals surface area contributed by atoms with Gasteiger partial charge >= 0.3 is 0 Å². The van der Waals surface area contributed by atoms with E-state index < -0.39 is 0 Å². The summed E-state index contributed by atoms with van der Waals surface area (Å²) < 4.78 is 0. The summed E-state index contributed by atoms with van der Waals surface area (Å²) in [4.78, 5) is 3.84. The first-order valence-corrected chi connectivity index (χ1v) is 3.95. The van der Waals surface area contributed by atoms with Gasteiger partial charge in [-0.2, -0.15) is 0 Å². The molecule has 1 rings (SSSR count). The third-order valence-corrected chi connectivity index (χ3v) is 1.63. The maximum atomic E-state index is 7.46. The molecule has 0 saturated carbocycles. The molecule has 0 aromatic heterocycles. The first-order valence-electron chi connectivity index (χ1n) is 3.57. The molecule has 3 heteroatoms. The van der Waals surface area contributed by atoms with E-state index in [1.54, 1.807) is 37.4 Å². The van der Waals surface area contributed by atoms with Crippen molar-refractivity contribution >= 4 is 23.7 Å². The molecule has 1 N–H and O–H groups in total. The normalized spacial score (nSPS) is 10.5. The van der Waals surface area contributed by atoms with Crippen LogP contribution in [0.25, 0.3) is 0 Å². The number of nitrogens with zero attached hydrogens (tertiary/aromatic N) is 1. The van der Waals surface area contributed by atoms with E-state index in [0.717, 1.165) is 5.56 Å². The lowest BCUT2D eigenvalue weighted by atomic mass is 10.2. The zero-order chi connectivity index (χ0) is 8.97. The van der Waals surface area contributed by atoms with Crippen LogP contribution in [0.4, 0.5) is 0 Å². The van der Waals surface area contributed by atoms with Crippen LogP contribution in [0.1, 0.15) is 12.5 Å². The van der Waals surface area contributed by atoms with E-state index in [4.69, 9.17) is 17.0 Å². The topological polar surface area (TPSA) is 36.2 Å². The lowest BCUT2D eigenvalue weighted by molar-refractivity contribution is 1.42. The lowest BCUT2D eigenvalue weighted by Gasteiger charge is -1.96. The molecule has 0 amide bonds. The molecular formula is C9H9ClN2. The Balaban J connectivity index is 2.90. The van der Waals surface area contributed by atoms with Crippen LogP contribution in [0.2, 0.25) is 5.02 Å². The largest absolute Gasteiger partial charge is 0.282 e. The molecule has 0 spiro atoms. The van der Waals surface area contributed by atoms with Crippen LogP contribution in [0.3, 0.4) is 0 Å². The van der Waals surface area contributed by atoms with Crippen molar-refractivity contribution < 1.29 is 0 Å². The molecule has 0 unspecified atom stereocenters. The van der Waals surface area contributed by atoms with Crippen LogP contribution in [0.5, 0.6) is 0 Å². The molecule has 62 valence electrons. The lowest BCUT2D eigenvalue weighted by Crippen LogP contribution is -1.93. The summed E-state index contributed by atoms with van der Waals surface area (Å²) in [6.07, 6.45) is 1.59. The Morgan fingerprint density at radius 3 is 2.50 bits per heavy atom. The number of halogens is 1. The fourth-order valence-corrected chi connectivity index (χ4v) is 0.937. The molecule has 0 fully saturated rings. The molecular weight excluding hydrogens is 172 g/mol. The molecule has 0 aliphatic carbocycles. The Bertz CT molecular complexity index is 301. The van der Waals surface area contributed by atoms with Crippen molar-refractivity contribution in [3.63, 3.8) is 0 Å². The van der Waals surface area contributed by atoms with Gasteiger partial charge in [0, 0.05) is 16.8 Å². The third kappa shape index (κ3) is 2.17. The molecule has 0 heterocycles. The quantitative estimate of drug-likeness (QED) is 0.510. The number of benzene rings is 1. The molecule has 0 atom stereocenters. The highest BCUT2D eigenvalue weighted by molar-refractivity contribution is 6.30. The van der Waals surface area contributed by atoms with Crippen molar-refractivity contribution in [1.82, 2.24) is 0 Å². The van der Waals surface area contributed by atoms with E-state index in [1.165, 1.54) is 0 Å². The van der Waals surface area contributed by atoms with Gasteiger partial charge in [0.15, 0.2) is 5.84 Å². The fraction of sp³-hybridized carbons (Fsp3) is 0.111. The highest BCUT2D eigenvalue weighted by Gasteiger charge is 1.96. The molecule has 0 bridgehead atoms. The van der Waals surface area contributed by atoms with Gasteiger partial charge in [-0.15, -0.1) is 0 Å². The first-order chi connectivity index (χ1) is 5.74.